The Morgan fingerprint density at radius 1 is 1.31 bits per heavy atom. The second kappa shape index (κ2) is 2.58. The van der Waals surface area contributed by atoms with Crippen molar-refractivity contribution in [2.45, 2.75) is 46.3 Å². The van der Waals surface area contributed by atoms with Crippen LogP contribution in [0, 0.1) is 6.92 Å². The summed E-state index contributed by atoms with van der Waals surface area (Å²) in [6.45, 7) is 10.7. The van der Waals surface area contributed by atoms with Crippen LogP contribution in [0.1, 0.15) is 38.0 Å². The number of aryl methyl sites for hydroxylation is 1. The molecule has 2 heterocycles. The molecule has 0 fully saturated rings. The summed E-state index contributed by atoms with van der Waals surface area (Å²) < 4.78 is 0. The summed E-state index contributed by atoms with van der Waals surface area (Å²) >= 11 is 0. The van der Waals surface area contributed by atoms with Crippen LogP contribution in [0.4, 0.5) is 0 Å². The van der Waals surface area contributed by atoms with E-state index >= 15 is 0 Å². The summed E-state index contributed by atoms with van der Waals surface area (Å²) in [5.74, 6) is 1.04. The van der Waals surface area contributed by atoms with Crippen LogP contribution in [0.2, 0.25) is 0 Å². The Morgan fingerprint density at radius 2 is 2.00 bits per heavy atom. The van der Waals surface area contributed by atoms with Gasteiger partial charge in [0, 0.05) is 18.6 Å². The first-order chi connectivity index (χ1) is 5.97. The first kappa shape index (κ1) is 8.75. The Hall–Kier alpha value is -0.830. The van der Waals surface area contributed by atoms with Crippen molar-refractivity contribution >= 4 is 0 Å². The summed E-state index contributed by atoms with van der Waals surface area (Å²) in [7, 11) is 0. The lowest BCUT2D eigenvalue weighted by Gasteiger charge is -2.31. The third-order valence-corrected chi connectivity index (χ3v) is 2.62. The number of hydrogen-bond donors (Lipinski definition) is 1. The van der Waals surface area contributed by atoms with E-state index in [2.05, 4.69) is 35.6 Å². The van der Waals surface area contributed by atoms with Crippen LogP contribution in [-0.2, 0) is 13.1 Å². The standard InChI is InChI=1S/C10H17N3/c1-7-11-8-5-13(10(2,3)4)6-9(8)12-7/h5-6H2,1-4H3,(H,11,12). The number of H-pyrrole nitrogens is 1. The van der Waals surface area contributed by atoms with Crippen LogP contribution in [0.5, 0.6) is 0 Å². The summed E-state index contributed by atoms with van der Waals surface area (Å²) in [5, 5.41) is 0. The average Bonchev–Trinajstić information content (AvgIpc) is 2.40. The fraction of sp³-hybridized carbons (Fsp3) is 0.700. The minimum Gasteiger partial charge on any atom is -0.345 e. The first-order valence-electron chi connectivity index (χ1n) is 4.76. The van der Waals surface area contributed by atoms with Crippen molar-refractivity contribution in [1.82, 2.24) is 14.9 Å². The minimum atomic E-state index is 0.245. The average molecular weight is 179 g/mol. The molecule has 0 radical (unpaired) electrons. The molecule has 0 spiro atoms. The molecular weight excluding hydrogens is 162 g/mol. The van der Waals surface area contributed by atoms with Gasteiger partial charge in [0.2, 0.25) is 0 Å². The highest BCUT2D eigenvalue weighted by Gasteiger charge is 2.29. The van der Waals surface area contributed by atoms with E-state index in [9.17, 15) is 0 Å². The van der Waals surface area contributed by atoms with E-state index in [1.165, 1.54) is 11.4 Å². The number of imidazole rings is 1. The monoisotopic (exact) mass is 179 g/mol. The topological polar surface area (TPSA) is 31.9 Å². The lowest BCUT2D eigenvalue weighted by Crippen LogP contribution is -2.37. The summed E-state index contributed by atoms with van der Waals surface area (Å²) in [5.41, 5.74) is 2.77. The van der Waals surface area contributed by atoms with Crippen molar-refractivity contribution < 1.29 is 0 Å². The number of aromatic nitrogens is 2. The zero-order chi connectivity index (χ0) is 9.64. The number of nitrogens with zero attached hydrogens (tertiary/aromatic N) is 2. The van der Waals surface area contributed by atoms with Gasteiger partial charge in [-0.3, -0.25) is 4.90 Å². The summed E-state index contributed by atoms with van der Waals surface area (Å²) in [6.07, 6.45) is 0. The van der Waals surface area contributed by atoms with Gasteiger partial charge in [0.15, 0.2) is 0 Å². The van der Waals surface area contributed by atoms with Crippen LogP contribution >= 0.6 is 0 Å². The van der Waals surface area contributed by atoms with Crippen LogP contribution in [0.15, 0.2) is 0 Å². The smallest absolute Gasteiger partial charge is 0.103 e. The van der Waals surface area contributed by atoms with Gasteiger partial charge in [0.25, 0.3) is 0 Å². The van der Waals surface area contributed by atoms with Crippen molar-refractivity contribution in [3.05, 3.63) is 17.2 Å². The Morgan fingerprint density at radius 3 is 2.54 bits per heavy atom. The molecule has 13 heavy (non-hydrogen) atoms. The zero-order valence-electron chi connectivity index (χ0n) is 8.81. The highest BCUT2D eigenvalue weighted by Crippen LogP contribution is 2.27. The molecule has 2 rings (SSSR count). The Bertz CT molecular complexity index is 296. The maximum Gasteiger partial charge on any atom is 0.103 e. The van der Waals surface area contributed by atoms with Gasteiger partial charge in [0.05, 0.1) is 11.4 Å². The largest absolute Gasteiger partial charge is 0.345 e. The molecular formula is C10H17N3. The summed E-state index contributed by atoms with van der Waals surface area (Å²) in [4.78, 5) is 10.2. The van der Waals surface area contributed by atoms with Crippen molar-refractivity contribution in [1.29, 1.82) is 0 Å². The van der Waals surface area contributed by atoms with Crippen LogP contribution < -0.4 is 0 Å². The van der Waals surface area contributed by atoms with Gasteiger partial charge in [-0.1, -0.05) is 0 Å². The van der Waals surface area contributed by atoms with E-state index in [0.717, 1.165) is 18.9 Å². The second-order valence-corrected chi connectivity index (χ2v) is 4.77. The van der Waals surface area contributed by atoms with Gasteiger partial charge >= 0.3 is 0 Å². The van der Waals surface area contributed by atoms with Gasteiger partial charge in [-0.25, -0.2) is 4.98 Å². The predicted molar refractivity (Wildman–Crippen MR) is 52.3 cm³/mol. The fourth-order valence-electron chi connectivity index (χ4n) is 1.75. The lowest BCUT2D eigenvalue weighted by molar-refractivity contribution is 0.134. The van der Waals surface area contributed by atoms with Crippen molar-refractivity contribution in [2.24, 2.45) is 0 Å². The van der Waals surface area contributed by atoms with Gasteiger partial charge in [-0.2, -0.15) is 0 Å². The molecule has 1 aliphatic heterocycles. The van der Waals surface area contributed by atoms with Crippen LogP contribution in [-0.4, -0.2) is 20.4 Å². The molecule has 0 bridgehead atoms. The SMILES string of the molecule is Cc1nc2c([nH]1)CN(C(C)(C)C)C2. The third kappa shape index (κ3) is 1.48. The molecule has 1 aromatic heterocycles. The number of nitrogens with one attached hydrogen (secondary N) is 1. The van der Waals surface area contributed by atoms with Gasteiger partial charge < -0.3 is 4.98 Å². The van der Waals surface area contributed by atoms with E-state index in [-0.39, 0.29) is 5.54 Å². The number of hydrogen-bond acceptors (Lipinski definition) is 2. The molecule has 0 aliphatic carbocycles. The first-order valence-corrected chi connectivity index (χ1v) is 4.76. The van der Waals surface area contributed by atoms with E-state index < -0.39 is 0 Å². The third-order valence-electron chi connectivity index (χ3n) is 2.62. The minimum absolute atomic E-state index is 0.245. The molecule has 1 N–H and O–H groups in total. The number of rotatable bonds is 0. The molecule has 3 heteroatoms. The molecule has 3 nitrogen and oxygen atoms in total. The molecule has 0 aromatic carbocycles. The van der Waals surface area contributed by atoms with Crippen molar-refractivity contribution in [3.8, 4) is 0 Å². The predicted octanol–water partition coefficient (Wildman–Crippen LogP) is 1.83. The molecule has 72 valence electrons. The number of aromatic amines is 1. The van der Waals surface area contributed by atoms with Crippen LogP contribution in [0.25, 0.3) is 0 Å². The normalized spacial score (nSPS) is 17.8. The molecule has 1 aliphatic rings. The number of fused-ring (bicyclic) bond motifs is 1. The molecule has 0 amide bonds. The maximum atomic E-state index is 4.46. The fourth-order valence-corrected chi connectivity index (χ4v) is 1.75. The second-order valence-electron chi connectivity index (χ2n) is 4.77. The molecule has 1 aromatic rings. The van der Waals surface area contributed by atoms with E-state index in [4.69, 9.17) is 0 Å². The molecule has 0 saturated carbocycles. The Kier molecular flexibility index (Phi) is 1.74. The van der Waals surface area contributed by atoms with Gasteiger partial charge in [-0.05, 0) is 27.7 Å². The quantitative estimate of drug-likeness (QED) is 0.659. The highest BCUT2D eigenvalue weighted by atomic mass is 15.2. The summed E-state index contributed by atoms with van der Waals surface area (Å²) in [6, 6.07) is 0. The maximum absolute atomic E-state index is 4.46. The molecule has 0 atom stereocenters. The Labute approximate surface area is 79.2 Å². The molecule has 0 saturated heterocycles. The Balaban J connectivity index is 2.20. The lowest BCUT2D eigenvalue weighted by atomic mass is 10.1. The van der Waals surface area contributed by atoms with Crippen molar-refractivity contribution in [2.75, 3.05) is 0 Å². The van der Waals surface area contributed by atoms with Crippen molar-refractivity contribution in [3.63, 3.8) is 0 Å². The van der Waals surface area contributed by atoms with E-state index in [0.29, 0.717) is 0 Å². The highest BCUT2D eigenvalue weighted by molar-refractivity contribution is 5.19. The zero-order valence-corrected chi connectivity index (χ0v) is 8.81. The van der Waals surface area contributed by atoms with Crippen LogP contribution in [0.3, 0.4) is 0 Å². The van der Waals surface area contributed by atoms with E-state index in [1.54, 1.807) is 0 Å². The molecule has 0 unspecified atom stereocenters. The van der Waals surface area contributed by atoms with Gasteiger partial charge in [-0.15, -0.1) is 0 Å². The van der Waals surface area contributed by atoms with E-state index in [1.807, 2.05) is 6.92 Å². The van der Waals surface area contributed by atoms with Gasteiger partial charge in [0.1, 0.15) is 5.82 Å².